The topological polar surface area (TPSA) is 59.7 Å². The quantitative estimate of drug-likeness (QED) is 0.533. The lowest BCUT2D eigenvalue weighted by Gasteiger charge is -2.24. The fourth-order valence-corrected chi connectivity index (χ4v) is 2.58. The number of rotatable bonds is 8. The first-order chi connectivity index (χ1) is 10.6. The van der Waals surface area contributed by atoms with E-state index in [1.807, 2.05) is 12.1 Å². The molecule has 6 heteroatoms. The van der Waals surface area contributed by atoms with E-state index in [2.05, 4.69) is 5.32 Å². The summed E-state index contributed by atoms with van der Waals surface area (Å²) in [7, 11) is 0. The molecule has 0 aliphatic carbocycles. The van der Waals surface area contributed by atoms with E-state index in [0.717, 1.165) is 45.1 Å². The second-order valence-electron chi connectivity index (χ2n) is 6.13. The predicted molar refractivity (Wildman–Crippen MR) is 85.6 cm³/mol. The molecule has 1 atom stereocenters. The summed E-state index contributed by atoms with van der Waals surface area (Å²) in [4.78, 5) is 1.58. The lowest BCUT2D eigenvalue weighted by Crippen LogP contribution is -3.16. The number of aliphatic hydroxyl groups is 1. The summed E-state index contributed by atoms with van der Waals surface area (Å²) < 4.78 is 11.0. The van der Waals surface area contributed by atoms with Gasteiger partial charge in [0.15, 0.2) is 0 Å². The smallest absolute Gasteiger partial charge is 0.144 e. The number of ether oxygens (including phenoxy) is 2. The molecule has 1 aliphatic heterocycles. The van der Waals surface area contributed by atoms with Crippen LogP contribution in [0.15, 0.2) is 24.3 Å². The van der Waals surface area contributed by atoms with Crippen molar-refractivity contribution in [1.82, 2.24) is 0 Å². The number of hydrogen-bond donors (Lipinski definition) is 3. The lowest BCUT2D eigenvalue weighted by molar-refractivity contribution is -0.920. The van der Waals surface area contributed by atoms with Crippen LogP contribution in [-0.4, -0.2) is 63.3 Å². The number of nitrogens with two attached hydrogens (primary N) is 1. The molecule has 0 amide bonds. The van der Waals surface area contributed by atoms with Gasteiger partial charge >= 0.3 is 0 Å². The first-order valence-electron chi connectivity index (χ1n) is 7.89. The molecule has 1 saturated heterocycles. The summed E-state index contributed by atoms with van der Waals surface area (Å²) in [5.74, 6) is 0.724. The van der Waals surface area contributed by atoms with Gasteiger partial charge in [0, 0.05) is 5.02 Å². The summed E-state index contributed by atoms with van der Waals surface area (Å²) in [6, 6.07) is 7.18. The maximum absolute atomic E-state index is 10.4. The highest BCUT2D eigenvalue weighted by Crippen LogP contribution is 2.16. The number of morpholine rings is 1. The normalized spacial score (nSPS) is 18.9. The molecule has 1 fully saturated rings. The molecule has 1 heterocycles. The minimum Gasteiger partial charge on any atom is -0.490 e. The lowest BCUT2D eigenvalue weighted by atomic mass is 10.1. The summed E-state index contributed by atoms with van der Waals surface area (Å²) in [6.45, 7) is 8.72. The summed E-state index contributed by atoms with van der Waals surface area (Å²) >= 11 is 5.83. The molecule has 0 radical (unpaired) electrons. The van der Waals surface area contributed by atoms with E-state index >= 15 is 0 Å². The van der Waals surface area contributed by atoms with Gasteiger partial charge in [0.25, 0.3) is 0 Å². The van der Waals surface area contributed by atoms with E-state index < -0.39 is 5.60 Å². The SMILES string of the molecule is C[C@@](O)(C[NH2+]CC[NH+]1CCOCC1)COc1ccc(Cl)cc1. The van der Waals surface area contributed by atoms with E-state index in [1.165, 1.54) is 0 Å². The van der Waals surface area contributed by atoms with Crippen LogP contribution in [0.1, 0.15) is 6.92 Å². The van der Waals surface area contributed by atoms with Crippen LogP contribution in [0.4, 0.5) is 0 Å². The maximum atomic E-state index is 10.4. The average Bonchev–Trinajstić information content (AvgIpc) is 2.52. The zero-order chi connectivity index (χ0) is 15.8. The molecule has 22 heavy (non-hydrogen) atoms. The highest BCUT2D eigenvalue weighted by Gasteiger charge is 2.24. The van der Waals surface area contributed by atoms with Crippen molar-refractivity contribution in [3.63, 3.8) is 0 Å². The average molecular weight is 331 g/mol. The molecule has 5 nitrogen and oxygen atoms in total. The Bertz CT molecular complexity index is 434. The Balaban J connectivity index is 1.61. The Morgan fingerprint density at radius 1 is 1.32 bits per heavy atom. The van der Waals surface area contributed by atoms with Gasteiger partial charge in [-0.05, 0) is 31.2 Å². The Hall–Kier alpha value is -0.850. The molecular weight excluding hydrogens is 304 g/mol. The van der Waals surface area contributed by atoms with Crippen molar-refractivity contribution in [2.75, 3.05) is 52.5 Å². The summed E-state index contributed by atoms with van der Waals surface area (Å²) in [5, 5.41) is 13.2. The highest BCUT2D eigenvalue weighted by atomic mass is 35.5. The first kappa shape index (κ1) is 17.5. The molecule has 0 unspecified atom stereocenters. The molecule has 0 spiro atoms. The van der Waals surface area contributed by atoms with Gasteiger partial charge in [-0.2, -0.15) is 0 Å². The molecule has 4 N–H and O–H groups in total. The molecule has 1 aromatic rings. The monoisotopic (exact) mass is 330 g/mol. The zero-order valence-electron chi connectivity index (χ0n) is 13.2. The maximum Gasteiger partial charge on any atom is 0.144 e. The Kier molecular flexibility index (Phi) is 6.92. The fraction of sp³-hybridized carbons (Fsp3) is 0.625. The van der Waals surface area contributed by atoms with Crippen molar-refractivity contribution < 1.29 is 24.8 Å². The number of halogens is 1. The van der Waals surface area contributed by atoms with Crippen molar-refractivity contribution in [3.8, 4) is 5.75 Å². The van der Waals surface area contributed by atoms with Gasteiger partial charge in [-0.3, -0.25) is 0 Å². The van der Waals surface area contributed by atoms with Crippen LogP contribution in [0.25, 0.3) is 0 Å². The third-order valence-corrected chi connectivity index (χ3v) is 4.10. The van der Waals surface area contributed by atoms with Gasteiger partial charge in [0.05, 0.1) is 13.2 Å². The van der Waals surface area contributed by atoms with E-state index in [-0.39, 0.29) is 6.61 Å². The van der Waals surface area contributed by atoms with Crippen molar-refractivity contribution in [1.29, 1.82) is 0 Å². The zero-order valence-corrected chi connectivity index (χ0v) is 13.9. The van der Waals surface area contributed by atoms with E-state index in [0.29, 0.717) is 11.6 Å². The Morgan fingerprint density at radius 3 is 2.68 bits per heavy atom. The molecule has 0 saturated carbocycles. The van der Waals surface area contributed by atoms with E-state index in [4.69, 9.17) is 21.1 Å². The molecule has 1 aromatic carbocycles. The van der Waals surface area contributed by atoms with Gasteiger partial charge in [0.2, 0.25) is 0 Å². The Labute approximate surface area is 137 Å². The summed E-state index contributed by atoms with van der Waals surface area (Å²) in [5.41, 5.74) is -0.847. The van der Waals surface area contributed by atoms with Crippen LogP contribution < -0.4 is 15.0 Å². The first-order valence-corrected chi connectivity index (χ1v) is 8.27. The van der Waals surface area contributed by atoms with Crippen LogP contribution in [0, 0.1) is 0 Å². The van der Waals surface area contributed by atoms with Crippen LogP contribution in [0.5, 0.6) is 5.75 Å². The fourth-order valence-electron chi connectivity index (χ4n) is 2.46. The number of quaternary nitrogens is 2. The molecular formula is C16H27ClN2O3+2. The van der Waals surface area contributed by atoms with Gasteiger partial charge < -0.3 is 24.8 Å². The minimum atomic E-state index is -0.847. The van der Waals surface area contributed by atoms with Crippen LogP contribution in [0.3, 0.4) is 0 Å². The molecule has 124 valence electrons. The van der Waals surface area contributed by atoms with Crippen molar-refractivity contribution in [2.24, 2.45) is 0 Å². The molecule has 0 bridgehead atoms. The third kappa shape index (κ3) is 6.50. The Morgan fingerprint density at radius 2 is 2.00 bits per heavy atom. The van der Waals surface area contributed by atoms with Crippen LogP contribution in [0.2, 0.25) is 5.02 Å². The number of nitrogens with one attached hydrogen (secondary N) is 1. The largest absolute Gasteiger partial charge is 0.490 e. The van der Waals surface area contributed by atoms with Gasteiger partial charge in [-0.15, -0.1) is 0 Å². The predicted octanol–water partition coefficient (Wildman–Crippen LogP) is -1.05. The number of benzene rings is 1. The van der Waals surface area contributed by atoms with Gasteiger partial charge in [-0.1, -0.05) is 11.6 Å². The summed E-state index contributed by atoms with van der Waals surface area (Å²) in [6.07, 6.45) is 0. The van der Waals surface area contributed by atoms with Crippen molar-refractivity contribution in [3.05, 3.63) is 29.3 Å². The van der Waals surface area contributed by atoms with Crippen LogP contribution >= 0.6 is 11.6 Å². The number of hydrogen-bond acceptors (Lipinski definition) is 3. The van der Waals surface area contributed by atoms with Crippen molar-refractivity contribution in [2.45, 2.75) is 12.5 Å². The second-order valence-corrected chi connectivity index (χ2v) is 6.57. The van der Waals surface area contributed by atoms with Crippen LogP contribution in [-0.2, 0) is 4.74 Å². The highest BCUT2D eigenvalue weighted by molar-refractivity contribution is 6.30. The second kappa shape index (κ2) is 8.70. The van der Waals surface area contributed by atoms with E-state index in [9.17, 15) is 5.11 Å². The molecule has 1 aliphatic rings. The van der Waals surface area contributed by atoms with E-state index in [1.54, 1.807) is 24.0 Å². The van der Waals surface area contributed by atoms with Gasteiger partial charge in [-0.25, -0.2) is 0 Å². The van der Waals surface area contributed by atoms with Crippen molar-refractivity contribution >= 4 is 11.6 Å². The van der Waals surface area contributed by atoms with Gasteiger partial charge in [0.1, 0.15) is 50.7 Å². The standard InChI is InChI=1S/C16H25ClN2O3/c1-16(20,13-22-15-4-2-14(17)3-5-15)12-18-6-7-19-8-10-21-11-9-19/h2-5,18,20H,6-13H2,1H3/p+2/t16-/m1/s1. The molecule has 2 rings (SSSR count). The third-order valence-electron chi connectivity index (χ3n) is 3.85. The minimum absolute atomic E-state index is 0.273. The molecule has 0 aromatic heterocycles.